The summed E-state index contributed by atoms with van der Waals surface area (Å²) in [5.41, 5.74) is 4.18. The number of aryl methyl sites for hydroxylation is 1. The molecule has 0 radical (unpaired) electrons. The number of halogens is 1. The Labute approximate surface area is 145 Å². The number of nitriles is 1. The van der Waals surface area contributed by atoms with Crippen molar-refractivity contribution in [2.24, 2.45) is 0 Å². The van der Waals surface area contributed by atoms with Gasteiger partial charge in [0.05, 0.1) is 11.4 Å². The molecule has 2 heterocycles. The Morgan fingerprint density at radius 3 is 2.79 bits per heavy atom. The van der Waals surface area contributed by atoms with Crippen LogP contribution in [-0.2, 0) is 6.42 Å². The van der Waals surface area contributed by atoms with Crippen molar-refractivity contribution in [3.8, 4) is 23.0 Å². The first-order chi connectivity index (χ1) is 11.7. The summed E-state index contributed by atoms with van der Waals surface area (Å²) in [5.74, 6) is 0.725. The molecule has 0 saturated carbocycles. The molecule has 0 atom stereocenters. The van der Waals surface area contributed by atoms with Gasteiger partial charge in [-0.25, -0.2) is 9.97 Å². The molecule has 0 fully saturated rings. The van der Waals surface area contributed by atoms with Crippen molar-refractivity contribution in [2.75, 3.05) is 12.4 Å². The van der Waals surface area contributed by atoms with Gasteiger partial charge in [0.15, 0.2) is 0 Å². The first-order valence-corrected chi connectivity index (χ1v) is 7.95. The second kappa shape index (κ2) is 6.73. The van der Waals surface area contributed by atoms with E-state index in [0.29, 0.717) is 10.7 Å². The molecule has 24 heavy (non-hydrogen) atoms. The number of nitrogens with one attached hydrogen (secondary N) is 1. The van der Waals surface area contributed by atoms with Crippen LogP contribution in [0, 0.1) is 11.3 Å². The highest BCUT2D eigenvalue weighted by Gasteiger charge is 2.13. The summed E-state index contributed by atoms with van der Waals surface area (Å²) in [5, 5.41) is 13.2. The van der Waals surface area contributed by atoms with Crippen LogP contribution in [0.3, 0.4) is 0 Å². The molecule has 0 bridgehead atoms. The van der Waals surface area contributed by atoms with Crippen LogP contribution in [0.1, 0.15) is 18.2 Å². The molecule has 2 aromatic heterocycles. The average molecular weight is 338 g/mol. The predicted molar refractivity (Wildman–Crippen MR) is 95.4 cm³/mol. The summed E-state index contributed by atoms with van der Waals surface area (Å²) in [4.78, 5) is 8.42. The smallest absolute Gasteiger partial charge is 0.129 e. The second-order valence-electron chi connectivity index (χ2n) is 5.26. The summed E-state index contributed by atoms with van der Waals surface area (Å²) in [6, 6.07) is 11.6. The fourth-order valence-corrected chi connectivity index (χ4v) is 2.77. The molecule has 3 aromatic rings. The number of rotatable bonds is 4. The van der Waals surface area contributed by atoms with Crippen molar-refractivity contribution in [1.82, 2.24) is 14.5 Å². The molecule has 3 rings (SSSR count). The highest BCUT2D eigenvalue weighted by atomic mass is 35.5. The minimum absolute atomic E-state index is 0.534. The molecule has 0 unspecified atom stereocenters. The zero-order chi connectivity index (χ0) is 17.1. The molecular weight excluding hydrogens is 322 g/mol. The van der Waals surface area contributed by atoms with Gasteiger partial charge < -0.3 is 9.88 Å². The third-order valence-corrected chi connectivity index (χ3v) is 4.08. The second-order valence-corrected chi connectivity index (χ2v) is 5.70. The summed E-state index contributed by atoms with van der Waals surface area (Å²) >= 11 is 6.16. The first-order valence-electron chi connectivity index (χ1n) is 7.57. The summed E-state index contributed by atoms with van der Waals surface area (Å²) in [6.45, 7) is 2.08. The van der Waals surface area contributed by atoms with Gasteiger partial charge in [-0.15, -0.1) is 0 Å². The summed E-state index contributed by atoms with van der Waals surface area (Å²) < 4.78 is 1.86. The monoisotopic (exact) mass is 337 g/mol. The van der Waals surface area contributed by atoms with Gasteiger partial charge in [0.1, 0.15) is 23.9 Å². The van der Waals surface area contributed by atoms with E-state index < -0.39 is 0 Å². The quantitative estimate of drug-likeness (QED) is 0.779. The zero-order valence-electron chi connectivity index (χ0n) is 13.4. The SMILES string of the molecule is CCc1ccc(Cl)cc1-n1cc(-c2cc(NC)ncn2)cc1C#N. The molecule has 6 heteroatoms. The Morgan fingerprint density at radius 2 is 2.08 bits per heavy atom. The Morgan fingerprint density at radius 1 is 1.25 bits per heavy atom. The van der Waals surface area contributed by atoms with Crippen LogP contribution in [0.4, 0.5) is 5.82 Å². The normalized spacial score (nSPS) is 10.4. The van der Waals surface area contributed by atoms with Crippen molar-refractivity contribution in [3.05, 3.63) is 59.1 Å². The lowest BCUT2D eigenvalue weighted by Gasteiger charge is -2.11. The van der Waals surface area contributed by atoms with E-state index in [1.165, 1.54) is 6.33 Å². The standard InChI is InChI=1S/C18H16ClN5/c1-3-12-4-5-14(19)7-17(12)24-10-13(6-15(24)9-20)16-8-18(21-2)23-11-22-16/h4-8,10-11H,3H2,1-2H3,(H,21,22,23). The Bertz CT molecular complexity index is 923. The van der Waals surface area contributed by atoms with Crippen LogP contribution in [0.5, 0.6) is 0 Å². The number of nitrogens with zero attached hydrogens (tertiary/aromatic N) is 4. The van der Waals surface area contributed by atoms with Crippen LogP contribution in [0.25, 0.3) is 16.9 Å². The van der Waals surface area contributed by atoms with E-state index >= 15 is 0 Å². The Balaban J connectivity index is 2.16. The van der Waals surface area contributed by atoms with Crippen molar-refractivity contribution < 1.29 is 0 Å². The minimum atomic E-state index is 0.534. The molecule has 0 aliphatic heterocycles. The van der Waals surface area contributed by atoms with Crippen molar-refractivity contribution >= 4 is 17.4 Å². The molecule has 1 aromatic carbocycles. The van der Waals surface area contributed by atoms with E-state index in [1.807, 2.05) is 41.1 Å². The zero-order valence-corrected chi connectivity index (χ0v) is 14.2. The first kappa shape index (κ1) is 16.0. The minimum Gasteiger partial charge on any atom is -0.373 e. The van der Waals surface area contributed by atoms with Crippen molar-refractivity contribution in [1.29, 1.82) is 5.26 Å². The van der Waals surface area contributed by atoms with E-state index in [-0.39, 0.29) is 0 Å². The third kappa shape index (κ3) is 2.97. The molecule has 0 amide bonds. The summed E-state index contributed by atoms with van der Waals surface area (Å²) in [7, 11) is 1.80. The molecule has 0 saturated heterocycles. The topological polar surface area (TPSA) is 66.5 Å². The van der Waals surface area contributed by atoms with Gasteiger partial charge in [0.2, 0.25) is 0 Å². The van der Waals surface area contributed by atoms with Crippen LogP contribution in [0.15, 0.2) is 42.9 Å². The molecular formula is C18H16ClN5. The molecule has 0 spiro atoms. The highest BCUT2D eigenvalue weighted by Crippen LogP contribution is 2.27. The van der Waals surface area contributed by atoms with E-state index in [0.717, 1.165) is 34.7 Å². The van der Waals surface area contributed by atoms with Gasteiger partial charge in [-0.2, -0.15) is 5.26 Å². The van der Waals surface area contributed by atoms with E-state index in [9.17, 15) is 5.26 Å². The summed E-state index contributed by atoms with van der Waals surface area (Å²) in [6.07, 6.45) is 4.26. The maximum absolute atomic E-state index is 9.52. The van der Waals surface area contributed by atoms with E-state index in [1.54, 1.807) is 7.05 Å². The number of anilines is 1. The van der Waals surface area contributed by atoms with Gasteiger partial charge in [0.25, 0.3) is 0 Å². The lowest BCUT2D eigenvalue weighted by Crippen LogP contribution is -2.00. The van der Waals surface area contributed by atoms with Crippen molar-refractivity contribution in [2.45, 2.75) is 13.3 Å². The fraction of sp³-hybridized carbons (Fsp3) is 0.167. The van der Waals surface area contributed by atoms with E-state index in [2.05, 4.69) is 28.3 Å². The van der Waals surface area contributed by atoms with Gasteiger partial charge in [-0.05, 0) is 30.2 Å². The number of hydrogen-bond acceptors (Lipinski definition) is 4. The van der Waals surface area contributed by atoms with E-state index in [4.69, 9.17) is 11.6 Å². The molecule has 0 aliphatic rings. The number of aromatic nitrogens is 3. The highest BCUT2D eigenvalue weighted by molar-refractivity contribution is 6.30. The van der Waals surface area contributed by atoms with Gasteiger partial charge in [0, 0.05) is 29.9 Å². The maximum Gasteiger partial charge on any atom is 0.129 e. The van der Waals surface area contributed by atoms with Crippen molar-refractivity contribution in [3.63, 3.8) is 0 Å². The average Bonchev–Trinajstić information content (AvgIpc) is 3.06. The van der Waals surface area contributed by atoms with Crippen LogP contribution in [0.2, 0.25) is 5.02 Å². The third-order valence-electron chi connectivity index (χ3n) is 3.84. The number of benzene rings is 1. The molecule has 120 valence electrons. The van der Waals surface area contributed by atoms with Gasteiger partial charge >= 0.3 is 0 Å². The molecule has 0 aliphatic carbocycles. The van der Waals surface area contributed by atoms with Crippen LogP contribution >= 0.6 is 11.6 Å². The van der Waals surface area contributed by atoms with Gasteiger partial charge in [-0.3, -0.25) is 0 Å². The maximum atomic E-state index is 9.52. The lowest BCUT2D eigenvalue weighted by atomic mass is 10.1. The fourth-order valence-electron chi connectivity index (χ4n) is 2.60. The lowest BCUT2D eigenvalue weighted by molar-refractivity contribution is 0.999. The molecule has 5 nitrogen and oxygen atoms in total. The predicted octanol–water partition coefficient (Wildman–Crippen LogP) is 4.06. The largest absolute Gasteiger partial charge is 0.373 e. The van der Waals surface area contributed by atoms with Crippen LogP contribution < -0.4 is 5.32 Å². The Kier molecular flexibility index (Phi) is 4.50. The van der Waals surface area contributed by atoms with Crippen LogP contribution in [-0.4, -0.2) is 21.6 Å². The molecule has 1 N–H and O–H groups in total. The Hall–Kier alpha value is -2.84. The van der Waals surface area contributed by atoms with Gasteiger partial charge in [-0.1, -0.05) is 24.6 Å². The number of hydrogen-bond donors (Lipinski definition) is 1.